The van der Waals surface area contributed by atoms with Crippen LogP contribution < -0.4 is 10.6 Å². The molecular weight excluding hydrogens is 402 g/mol. The summed E-state index contributed by atoms with van der Waals surface area (Å²) >= 11 is 1.60. The molecule has 0 unspecified atom stereocenters. The van der Waals surface area contributed by atoms with Gasteiger partial charge in [-0.2, -0.15) is 0 Å². The van der Waals surface area contributed by atoms with Crippen molar-refractivity contribution in [1.29, 1.82) is 0 Å². The largest absolute Gasteiger partial charge is 0.452 e. The van der Waals surface area contributed by atoms with Crippen molar-refractivity contribution >= 4 is 29.2 Å². The van der Waals surface area contributed by atoms with E-state index in [2.05, 4.69) is 15.6 Å². The lowest BCUT2D eigenvalue weighted by Crippen LogP contribution is -2.42. The van der Waals surface area contributed by atoms with Gasteiger partial charge in [0.15, 0.2) is 6.61 Å². The normalized spacial score (nSPS) is 10.3. The van der Waals surface area contributed by atoms with Crippen LogP contribution in [0.4, 0.5) is 4.79 Å². The highest BCUT2D eigenvalue weighted by molar-refractivity contribution is 7.09. The minimum atomic E-state index is -0.705. The van der Waals surface area contributed by atoms with Crippen molar-refractivity contribution in [3.63, 3.8) is 0 Å². The van der Waals surface area contributed by atoms with Crippen molar-refractivity contribution in [2.24, 2.45) is 0 Å². The van der Waals surface area contributed by atoms with Gasteiger partial charge in [-0.3, -0.25) is 15.1 Å². The molecule has 2 aromatic heterocycles. The monoisotopic (exact) mass is 423 g/mol. The first kappa shape index (κ1) is 21.2. The maximum atomic E-state index is 12.3. The summed E-state index contributed by atoms with van der Waals surface area (Å²) in [5.74, 6) is -1.38. The predicted octanol–water partition coefficient (Wildman–Crippen LogP) is 3.34. The Morgan fingerprint density at radius 3 is 2.53 bits per heavy atom. The van der Waals surface area contributed by atoms with Crippen LogP contribution in [0.1, 0.15) is 20.9 Å². The van der Waals surface area contributed by atoms with E-state index in [1.807, 2.05) is 47.8 Å². The first-order chi connectivity index (χ1) is 14.5. The van der Waals surface area contributed by atoms with Crippen molar-refractivity contribution in [1.82, 2.24) is 15.6 Å². The van der Waals surface area contributed by atoms with Crippen LogP contribution >= 0.6 is 11.3 Å². The van der Waals surface area contributed by atoms with E-state index in [0.717, 1.165) is 16.1 Å². The number of imide groups is 1. The smallest absolute Gasteiger partial charge is 0.340 e. The fourth-order valence-corrected chi connectivity index (χ4v) is 3.43. The predicted molar refractivity (Wildman–Crippen MR) is 114 cm³/mol. The Morgan fingerprint density at radius 2 is 1.83 bits per heavy atom. The van der Waals surface area contributed by atoms with Crippen LogP contribution in [0.25, 0.3) is 11.3 Å². The minimum absolute atomic E-state index is 0.267. The molecule has 154 valence electrons. The van der Waals surface area contributed by atoms with Crippen LogP contribution in [0.3, 0.4) is 0 Å². The zero-order chi connectivity index (χ0) is 21.3. The third-order valence-electron chi connectivity index (χ3n) is 4.20. The van der Waals surface area contributed by atoms with Gasteiger partial charge in [0.25, 0.3) is 5.91 Å². The van der Waals surface area contributed by atoms with Crippen LogP contribution in [0.15, 0.2) is 60.0 Å². The van der Waals surface area contributed by atoms with E-state index in [4.69, 9.17) is 4.74 Å². The third-order valence-corrected chi connectivity index (χ3v) is 5.14. The Labute approximate surface area is 178 Å². The summed E-state index contributed by atoms with van der Waals surface area (Å²) in [7, 11) is 0. The molecule has 3 rings (SSSR count). The molecule has 7 nitrogen and oxygen atoms in total. The Balaban J connectivity index is 1.45. The van der Waals surface area contributed by atoms with Gasteiger partial charge in [-0.05, 0) is 36.9 Å². The first-order valence-corrected chi connectivity index (χ1v) is 10.2. The van der Waals surface area contributed by atoms with Crippen LogP contribution in [-0.2, 0) is 16.0 Å². The lowest BCUT2D eigenvalue weighted by Gasteiger charge is -2.09. The van der Waals surface area contributed by atoms with Gasteiger partial charge in [0.1, 0.15) is 0 Å². The number of aromatic nitrogens is 1. The second-order valence-corrected chi connectivity index (χ2v) is 7.44. The molecule has 30 heavy (non-hydrogen) atoms. The average Bonchev–Trinajstić information content (AvgIpc) is 3.26. The number of hydrogen-bond acceptors (Lipinski definition) is 6. The molecule has 0 saturated carbocycles. The molecule has 8 heteroatoms. The van der Waals surface area contributed by atoms with Gasteiger partial charge in [-0.1, -0.05) is 36.4 Å². The van der Waals surface area contributed by atoms with Crippen LogP contribution in [0.2, 0.25) is 0 Å². The lowest BCUT2D eigenvalue weighted by molar-refractivity contribution is -0.123. The fourth-order valence-electron chi connectivity index (χ4n) is 2.72. The molecule has 0 atom stereocenters. The van der Waals surface area contributed by atoms with Gasteiger partial charge >= 0.3 is 12.0 Å². The van der Waals surface area contributed by atoms with Crippen molar-refractivity contribution in [2.75, 3.05) is 13.2 Å². The summed E-state index contributed by atoms with van der Waals surface area (Å²) in [6.45, 7) is 1.54. The molecule has 0 aliphatic carbocycles. The number of hydrogen-bond donors (Lipinski definition) is 2. The lowest BCUT2D eigenvalue weighted by atomic mass is 10.1. The number of aryl methyl sites for hydroxylation is 1. The highest BCUT2D eigenvalue weighted by atomic mass is 32.1. The maximum absolute atomic E-state index is 12.3. The number of thiophene rings is 1. The first-order valence-electron chi connectivity index (χ1n) is 9.33. The number of carbonyl (C=O) groups is 3. The zero-order valence-corrected chi connectivity index (χ0v) is 17.2. The Hall–Kier alpha value is -3.52. The van der Waals surface area contributed by atoms with Gasteiger partial charge in [0.2, 0.25) is 0 Å². The highest BCUT2D eigenvalue weighted by Gasteiger charge is 2.15. The van der Waals surface area contributed by atoms with Gasteiger partial charge in [-0.25, -0.2) is 9.59 Å². The van der Waals surface area contributed by atoms with Crippen molar-refractivity contribution in [2.45, 2.75) is 13.3 Å². The SMILES string of the molecule is Cc1nc(-c2ccccc2)ccc1C(=O)OCC(=O)NC(=O)NCCc1cccs1. The molecule has 2 heterocycles. The van der Waals surface area contributed by atoms with E-state index in [-0.39, 0.29) is 5.56 Å². The molecule has 3 amide bonds. The van der Waals surface area contributed by atoms with Crippen LogP contribution in [0.5, 0.6) is 0 Å². The van der Waals surface area contributed by atoms with Crippen LogP contribution in [-0.4, -0.2) is 36.0 Å². The third kappa shape index (κ3) is 5.99. The molecule has 0 aliphatic heterocycles. The molecule has 2 N–H and O–H groups in total. The number of benzene rings is 1. The van der Waals surface area contributed by atoms with Gasteiger partial charge in [-0.15, -0.1) is 11.3 Å². The summed E-state index contributed by atoms with van der Waals surface area (Å²) in [4.78, 5) is 41.4. The molecular formula is C22H21N3O4S. The number of rotatable bonds is 7. The number of carbonyl (C=O) groups excluding carboxylic acids is 3. The van der Waals surface area contributed by atoms with Crippen molar-refractivity contribution in [3.8, 4) is 11.3 Å². The quantitative estimate of drug-likeness (QED) is 0.568. The molecule has 0 aliphatic rings. The standard InChI is InChI=1S/C22H21N3O4S/c1-15-18(9-10-19(24-15)16-6-3-2-4-7-16)21(27)29-14-20(26)25-22(28)23-12-11-17-8-5-13-30-17/h2-10,13H,11-12,14H2,1H3,(H2,23,25,26,28). The average molecular weight is 423 g/mol. The summed E-state index contributed by atoms with van der Waals surface area (Å²) in [5.41, 5.74) is 2.43. The van der Waals surface area contributed by atoms with E-state index < -0.39 is 24.5 Å². The van der Waals surface area contributed by atoms with E-state index >= 15 is 0 Å². The molecule has 3 aromatic rings. The van der Waals surface area contributed by atoms with Gasteiger partial charge < -0.3 is 10.1 Å². The second kappa shape index (κ2) is 10.3. The summed E-state index contributed by atoms with van der Waals surface area (Å²) in [6, 6.07) is 16.2. The molecule has 0 bridgehead atoms. The molecule has 1 aromatic carbocycles. The van der Waals surface area contributed by atoms with E-state index in [0.29, 0.717) is 18.7 Å². The highest BCUT2D eigenvalue weighted by Crippen LogP contribution is 2.19. The number of urea groups is 1. The zero-order valence-electron chi connectivity index (χ0n) is 16.4. The van der Waals surface area contributed by atoms with E-state index in [1.54, 1.807) is 30.4 Å². The summed E-state index contributed by atoms with van der Waals surface area (Å²) in [6.07, 6.45) is 0.680. The van der Waals surface area contributed by atoms with Crippen molar-refractivity contribution < 1.29 is 19.1 Å². The van der Waals surface area contributed by atoms with E-state index in [1.165, 1.54) is 0 Å². The minimum Gasteiger partial charge on any atom is -0.452 e. The number of esters is 1. The molecule has 0 spiro atoms. The number of nitrogens with one attached hydrogen (secondary N) is 2. The number of nitrogens with zero attached hydrogens (tertiary/aromatic N) is 1. The molecule has 0 radical (unpaired) electrons. The summed E-state index contributed by atoms with van der Waals surface area (Å²) < 4.78 is 5.01. The number of amides is 3. The topological polar surface area (TPSA) is 97.4 Å². The fraction of sp³-hybridized carbons (Fsp3) is 0.182. The Morgan fingerprint density at radius 1 is 1.03 bits per heavy atom. The second-order valence-electron chi connectivity index (χ2n) is 6.41. The Kier molecular flexibility index (Phi) is 7.29. The van der Waals surface area contributed by atoms with Gasteiger partial charge in [0, 0.05) is 17.0 Å². The van der Waals surface area contributed by atoms with Crippen LogP contribution in [0, 0.1) is 6.92 Å². The molecule has 0 saturated heterocycles. The van der Waals surface area contributed by atoms with E-state index in [9.17, 15) is 14.4 Å². The van der Waals surface area contributed by atoms with Crippen molar-refractivity contribution in [3.05, 3.63) is 76.1 Å². The Bertz CT molecular complexity index is 1020. The number of ether oxygens (including phenoxy) is 1. The summed E-state index contributed by atoms with van der Waals surface area (Å²) in [5, 5.41) is 6.68. The molecule has 0 fully saturated rings. The van der Waals surface area contributed by atoms with Gasteiger partial charge in [0.05, 0.1) is 17.0 Å². The number of pyridine rings is 1. The maximum Gasteiger partial charge on any atom is 0.340 e.